The van der Waals surface area contributed by atoms with Crippen molar-refractivity contribution in [2.45, 2.75) is 6.92 Å². The summed E-state index contributed by atoms with van der Waals surface area (Å²) in [7, 11) is 3.19. The number of nitrogens with zero attached hydrogens (tertiary/aromatic N) is 1. The number of benzene rings is 2. The Balaban J connectivity index is 2.02. The molecule has 0 atom stereocenters. The van der Waals surface area contributed by atoms with E-state index in [1.807, 2.05) is 49.4 Å². The molecule has 120 valence electrons. The van der Waals surface area contributed by atoms with Crippen molar-refractivity contribution in [3.05, 3.63) is 53.6 Å². The topological polar surface area (TPSA) is 54.9 Å². The van der Waals surface area contributed by atoms with E-state index in [4.69, 9.17) is 21.7 Å². The van der Waals surface area contributed by atoms with Crippen molar-refractivity contribution in [3.8, 4) is 11.5 Å². The number of rotatable bonds is 5. The largest absolute Gasteiger partial charge is 0.493 e. The Morgan fingerprint density at radius 2 is 1.87 bits per heavy atom. The summed E-state index contributed by atoms with van der Waals surface area (Å²) in [4.78, 5) is 0. The fourth-order valence-electron chi connectivity index (χ4n) is 2.04. The molecule has 2 aromatic carbocycles. The minimum atomic E-state index is 0.414. The lowest BCUT2D eigenvalue weighted by atomic mass is 10.2. The Labute approximate surface area is 141 Å². The summed E-state index contributed by atoms with van der Waals surface area (Å²) in [6.45, 7) is 2.01. The molecule has 0 bridgehead atoms. The van der Waals surface area contributed by atoms with Crippen molar-refractivity contribution in [2.24, 2.45) is 5.10 Å². The molecule has 5 nitrogen and oxygen atoms in total. The molecular formula is C17H19N3O2S. The molecule has 0 fully saturated rings. The first-order valence-electron chi connectivity index (χ1n) is 7.02. The third-order valence-electron chi connectivity index (χ3n) is 3.20. The Morgan fingerprint density at radius 1 is 1.09 bits per heavy atom. The van der Waals surface area contributed by atoms with Crippen LogP contribution in [0.5, 0.6) is 11.5 Å². The third-order valence-corrected chi connectivity index (χ3v) is 3.39. The minimum Gasteiger partial charge on any atom is -0.493 e. The predicted octanol–water partition coefficient (Wildman–Crippen LogP) is 3.33. The highest BCUT2D eigenvalue weighted by Gasteiger charge is 2.07. The molecule has 0 aliphatic rings. The van der Waals surface area contributed by atoms with E-state index in [1.165, 1.54) is 0 Å². The van der Waals surface area contributed by atoms with E-state index in [-0.39, 0.29) is 0 Å². The number of para-hydroxylation sites is 2. The smallest absolute Gasteiger partial charge is 0.191 e. The minimum absolute atomic E-state index is 0.414. The maximum Gasteiger partial charge on any atom is 0.191 e. The van der Waals surface area contributed by atoms with Crippen LogP contribution in [0.1, 0.15) is 11.1 Å². The van der Waals surface area contributed by atoms with E-state index in [1.54, 1.807) is 20.4 Å². The van der Waals surface area contributed by atoms with Gasteiger partial charge in [-0.15, -0.1) is 0 Å². The zero-order valence-corrected chi connectivity index (χ0v) is 14.1. The van der Waals surface area contributed by atoms with Gasteiger partial charge in [-0.3, -0.25) is 5.43 Å². The maximum absolute atomic E-state index is 5.34. The number of methoxy groups -OCH3 is 2. The zero-order valence-electron chi connectivity index (χ0n) is 13.3. The van der Waals surface area contributed by atoms with Gasteiger partial charge in [0, 0.05) is 11.3 Å². The fourth-order valence-corrected chi connectivity index (χ4v) is 2.20. The second kappa shape index (κ2) is 8.14. The molecule has 0 heterocycles. The van der Waals surface area contributed by atoms with Gasteiger partial charge in [0.1, 0.15) is 0 Å². The average Bonchev–Trinajstić information content (AvgIpc) is 2.56. The second-order valence-electron chi connectivity index (χ2n) is 4.72. The molecule has 0 unspecified atom stereocenters. The molecule has 0 spiro atoms. The summed E-state index contributed by atoms with van der Waals surface area (Å²) in [5.41, 5.74) is 5.63. The number of hydrogen-bond donors (Lipinski definition) is 2. The van der Waals surface area contributed by atoms with Crippen LogP contribution in [0, 0.1) is 6.92 Å². The molecule has 6 heteroatoms. The average molecular weight is 329 g/mol. The quantitative estimate of drug-likeness (QED) is 0.501. The van der Waals surface area contributed by atoms with Crippen LogP contribution in [-0.4, -0.2) is 25.5 Å². The second-order valence-corrected chi connectivity index (χ2v) is 5.13. The predicted molar refractivity (Wildman–Crippen MR) is 97.7 cm³/mol. The SMILES string of the molecule is COc1cccc(/C=N\NC(=S)Nc2ccccc2C)c1OC. The van der Waals surface area contributed by atoms with Crippen molar-refractivity contribution in [3.63, 3.8) is 0 Å². The lowest BCUT2D eigenvalue weighted by Gasteiger charge is -2.10. The number of aryl methyl sites for hydroxylation is 1. The van der Waals surface area contributed by atoms with Crippen LogP contribution in [0.4, 0.5) is 5.69 Å². The van der Waals surface area contributed by atoms with Crippen LogP contribution in [0.3, 0.4) is 0 Å². The van der Waals surface area contributed by atoms with Gasteiger partial charge >= 0.3 is 0 Å². The van der Waals surface area contributed by atoms with Gasteiger partial charge in [0.25, 0.3) is 0 Å². The van der Waals surface area contributed by atoms with Gasteiger partial charge in [-0.1, -0.05) is 24.3 Å². The Bertz CT molecular complexity index is 717. The van der Waals surface area contributed by atoms with Gasteiger partial charge in [0.2, 0.25) is 0 Å². The molecule has 0 radical (unpaired) electrons. The first kappa shape index (κ1) is 16.8. The Kier molecular flexibility index (Phi) is 5.94. The molecule has 2 aromatic rings. The van der Waals surface area contributed by atoms with Crippen LogP contribution in [0.25, 0.3) is 0 Å². The molecule has 0 aliphatic carbocycles. The Morgan fingerprint density at radius 3 is 2.57 bits per heavy atom. The number of ether oxygens (including phenoxy) is 2. The summed E-state index contributed by atoms with van der Waals surface area (Å²) < 4.78 is 10.6. The maximum atomic E-state index is 5.34. The highest BCUT2D eigenvalue weighted by atomic mass is 32.1. The van der Waals surface area contributed by atoms with Crippen molar-refractivity contribution < 1.29 is 9.47 Å². The highest BCUT2D eigenvalue weighted by molar-refractivity contribution is 7.80. The van der Waals surface area contributed by atoms with Crippen molar-refractivity contribution in [1.82, 2.24) is 5.43 Å². The third kappa shape index (κ3) is 4.43. The molecule has 0 saturated carbocycles. The number of hydrogen-bond acceptors (Lipinski definition) is 4. The summed E-state index contributed by atoms with van der Waals surface area (Å²) in [5, 5.41) is 7.65. The van der Waals surface area contributed by atoms with Crippen LogP contribution >= 0.6 is 12.2 Å². The van der Waals surface area contributed by atoms with Gasteiger partial charge in [-0.25, -0.2) is 0 Å². The molecule has 0 aromatic heterocycles. The van der Waals surface area contributed by atoms with Gasteiger partial charge < -0.3 is 14.8 Å². The molecule has 0 saturated heterocycles. The number of thiocarbonyl (C=S) groups is 1. The van der Waals surface area contributed by atoms with Gasteiger partial charge in [-0.05, 0) is 42.9 Å². The number of anilines is 1. The lowest BCUT2D eigenvalue weighted by molar-refractivity contribution is 0.354. The summed E-state index contributed by atoms with van der Waals surface area (Å²) in [5.74, 6) is 1.27. The van der Waals surface area contributed by atoms with Crippen molar-refractivity contribution in [1.29, 1.82) is 0 Å². The van der Waals surface area contributed by atoms with E-state index < -0.39 is 0 Å². The number of hydrazone groups is 1. The number of nitrogens with one attached hydrogen (secondary N) is 2. The van der Waals surface area contributed by atoms with Crippen LogP contribution < -0.4 is 20.2 Å². The monoisotopic (exact) mass is 329 g/mol. The van der Waals surface area contributed by atoms with E-state index in [9.17, 15) is 0 Å². The summed E-state index contributed by atoms with van der Waals surface area (Å²) in [6.07, 6.45) is 1.63. The normalized spacial score (nSPS) is 10.4. The first-order chi connectivity index (χ1) is 11.2. The van der Waals surface area contributed by atoms with E-state index in [0.29, 0.717) is 16.6 Å². The van der Waals surface area contributed by atoms with E-state index >= 15 is 0 Å². The Hall–Kier alpha value is -2.60. The van der Waals surface area contributed by atoms with E-state index in [2.05, 4.69) is 15.8 Å². The first-order valence-corrected chi connectivity index (χ1v) is 7.43. The molecular weight excluding hydrogens is 310 g/mol. The van der Waals surface area contributed by atoms with Crippen molar-refractivity contribution in [2.75, 3.05) is 19.5 Å². The highest BCUT2D eigenvalue weighted by Crippen LogP contribution is 2.29. The zero-order chi connectivity index (χ0) is 16.7. The molecule has 2 N–H and O–H groups in total. The molecule has 2 rings (SSSR count). The molecule has 23 heavy (non-hydrogen) atoms. The fraction of sp³-hybridized carbons (Fsp3) is 0.176. The lowest BCUT2D eigenvalue weighted by Crippen LogP contribution is -2.24. The molecule has 0 amide bonds. The van der Waals surface area contributed by atoms with Crippen LogP contribution in [0.15, 0.2) is 47.6 Å². The van der Waals surface area contributed by atoms with Gasteiger partial charge in [0.05, 0.1) is 20.4 Å². The standard InChI is InChI=1S/C17H19N3O2S/c1-12-7-4-5-9-14(12)19-17(23)20-18-11-13-8-6-10-15(21-2)16(13)22-3/h4-11H,1-3H3,(H2,19,20,23)/b18-11-. The van der Waals surface area contributed by atoms with Crippen LogP contribution in [0.2, 0.25) is 0 Å². The molecule has 0 aliphatic heterocycles. The summed E-state index contributed by atoms with van der Waals surface area (Å²) >= 11 is 5.23. The van der Waals surface area contributed by atoms with Gasteiger partial charge in [0.15, 0.2) is 16.6 Å². The van der Waals surface area contributed by atoms with Crippen molar-refractivity contribution >= 4 is 29.2 Å². The summed E-state index contributed by atoms with van der Waals surface area (Å²) in [6, 6.07) is 13.5. The van der Waals surface area contributed by atoms with E-state index in [0.717, 1.165) is 16.8 Å². The van der Waals surface area contributed by atoms with Gasteiger partial charge in [-0.2, -0.15) is 5.10 Å². The van der Waals surface area contributed by atoms with Crippen LogP contribution in [-0.2, 0) is 0 Å².